The number of nitrogens with one attached hydrogen (secondary N) is 1. The highest BCUT2D eigenvalue weighted by Crippen LogP contribution is 2.31. The summed E-state index contributed by atoms with van der Waals surface area (Å²) in [5, 5.41) is 0. The van der Waals surface area contributed by atoms with Gasteiger partial charge in [-0.15, -0.1) is 0 Å². The number of amides is 1. The maximum absolute atomic E-state index is 13.3. The van der Waals surface area contributed by atoms with Crippen molar-refractivity contribution in [2.45, 2.75) is 76.5 Å². The molecule has 6 nitrogen and oxygen atoms in total. The van der Waals surface area contributed by atoms with Crippen LogP contribution in [0.15, 0.2) is 16.9 Å². The van der Waals surface area contributed by atoms with E-state index in [2.05, 4.69) is 21.7 Å². The zero-order chi connectivity index (χ0) is 19.5. The quantitative estimate of drug-likeness (QED) is 0.781. The van der Waals surface area contributed by atoms with Gasteiger partial charge < -0.3 is 14.6 Å². The molecule has 1 aromatic heterocycles. The van der Waals surface area contributed by atoms with Crippen LogP contribution >= 0.6 is 0 Å². The smallest absolute Gasteiger partial charge is 0.254 e. The second-order valence-electron chi connectivity index (χ2n) is 8.62. The molecule has 2 unspecified atom stereocenters. The number of nitrogens with zero attached hydrogens (tertiary/aromatic N) is 2. The molecule has 3 heterocycles. The van der Waals surface area contributed by atoms with Crippen LogP contribution in [0.25, 0.3) is 0 Å². The zero-order valence-electron chi connectivity index (χ0n) is 17.0. The summed E-state index contributed by atoms with van der Waals surface area (Å²) < 4.78 is 5.93. The molecule has 1 N–H and O–H groups in total. The minimum absolute atomic E-state index is 0.0310. The van der Waals surface area contributed by atoms with Crippen molar-refractivity contribution in [1.82, 2.24) is 14.8 Å². The van der Waals surface area contributed by atoms with Crippen molar-refractivity contribution in [1.29, 1.82) is 0 Å². The molecule has 0 spiro atoms. The Morgan fingerprint density at radius 1 is 1.18 bits per heavy atom. The Bertz CT molecular complexity index is 743. The van der Waals surface area contributed by atoms with Gasteiger partial charge in [0, 0.05) is 49.0 Å². The van der Waals surface area contributed by atoms with Crippen LogP contribution in [0.1, 0.15) is 67.9 Å². The number of aromatic amines is 1. The lowest BCUT2D eigenvalue weighted by molar-refractivity contribution is -0.00800. The summed E-state index contributed by atoms with van der Waals surface area (Å²) in [6.07, 6.45) is 9.09. The van der Waals surface area contributed by atoms with E-state index >= 15 is 0 Å². The fraction of sp³-hybridized carbons (Fsp3) is 0.727. The Hall–Kier alpha value is -1.66. The number of pyridine rings is 1. The molecule has 6 heteroatoms. The standard InChI is InChI=1S/C22H33N3O3/c1-2-4-17-13-16(14-21(26)23-17)22(27)25-18-7-8-19(25)15-24(10-9-18)11-12-28-20-5-3-6-20/h13-14,18-20H,2-12,15H2,1H3,(H,23,26). The lowest BCUT2D eigenvalue weighted by Gasteiger charge is -2.30. The molecule has 1 aromatic rings. The Labute approximate surface area is 167 Å². The number of carbonyl (C=O) groups excluding carboxylic acids is 1. The van der Waals surface area contributed by atoms with E-state index < -0.39 is 0 Å². The van der Waals surface area contributed by atoms with Gasteiger partial charge >= 0.3 is 0 Å². The van der Waals surface area contributed by atoms with E-state index in [0.29, 0.717) is 17.7 Å². The summed E-state index contributed by atoms with van der Waals surface area (Å²) in [7, 11) is 0. The zero-order valence-corrected chi connectivity index (χ0v) is 17.0. The number of rotatable bonds is 7. The highest BCUT2D eigenvalue weighted by atomic mass is 16.5. The predicted octanol–water partition coefficient (Wildman–Crippen LogP) is 2.58. The second-order valence-corrected chi connectivity index (χ2v) is 8.62. The SMILES string of the molecule is CCCc1cc(C(=O)N2C3CCC2CN(CCOC2CCC2)CC3)cc(=O)[nH]1. The van der Waals surface area contributed by atoms with Gasteiger partial charge in [-0.05, 0) is 51.0 Å². The van der Waals surface area contributed by atoms with E-state index in [1.165, 1.54) is 25.3 Å². The van der Waals surface area contributed by atoms with Crippen LogP contribution < -0.4 is 5.56 Å². The summed E-state index contributed by atoms with van der Waals surface area (Å²) in [5.74, 6) is 0.0310. The molecule has 3 aliphatic rings. The summed E-state index contributed by atoms with van der Waals surface area (Å²) in [6, 6.07) is 3.89. The van der Waals surface area contributed by atoms with Crippen LogP contribution in [0.3, 0.4) is 0 Å². The van der Waals surface area contributed by atoms with E-state index in [4.69, 9.17) is 4.74 Å². The van der Waals surface area contributed by atoms with E-state index in [0.717, 1.165) is 64.0 Å². The molecule has 1 aliphatic carbocycles. The fourth-order valence-electron chi connectivity index (χ4n) is 4.84. The molecule has 0 radical (unpaired) electrons. The molecule has 4 rings (SSSR count). The van der Waals surface area contributed by atoms with Crippen LogP contribution in [-0.2, 0) is 11.2 Å². The van der Waals surface area contributed by atoms with Gasteiger partial charge in [0.15, 0.2) is 0 Å². The number of hydrogen-bond acceptors (Lipinski definition) is 4. The molecule has 3 fully saturated rings. The summed E-state index contributed by atoms with van der Waals surface area (Å²) in [5.41, 5.74) is 1.23. The first-order chi connectivity index (χ1) is 13.6. The molecule has 2 aliphatic heterocycles. The van der Waals surface area contributed by atoms with Gasteiger partial charge in [0.05, 0.1) is 12.7 Å². The molecule has 2 saturated heterocycles. The number of hydrogen-bond donors (Lipinski definition) is 1. The Morgan fingerprint density at radius 3 is 2.75 bits per heavy atom. The summed E-state index contributed by atoms with van der Waals surface area (Å²) >= 11 is 0. The topological polar surface area (TPSA) is 65.6 Å². The molecular formula is C22H33N3O3. The van der Waals surface area contributed by atoms with Gasteiger partial charge in [-0.1, -0.05) is 13.3 Å². The Kier molecular flexibility index (Phi) is 6.16. The molecule has 1 amide bonds. The van der Waals surface area contributed by atoms with Crippen molar-refractivity contribution in [3.8, 4) is 0 Å². The third-order valence-corrected chi connectivity index (χ3v) is 6.58. The van der Waals surface area contributed by atoms with Crippen LogP contribution in [0.5, 0.6) is 0 Å². The average molecular weight is 388 g/mol. The van der Waals surface area contributed by atoms with Crippen molar-refractivity contribution in [2.24, 2.45) is 0 Å². The fourth-order valence-corrected chi connectivity index (χ4v) is 4.84. The van der Waals surface area contributed by atoms with Crippen molar-refractivity contribution in [3.05, 3.63) is 33.7 Å². The number of carbonyl (C=O) groups is 1. The predicted molar refractivity (Wildman–Crippen MR) is 109 cm³/mol. The normalized spacial score (nSPS) is 25.5. The highest BCUT2D eigenvalue weighted by molar-refractivity contribution is 5.95. The number of likely N-dealkylation sites (tertiary alicyclic amines) is 1. The lowest BCUT2D eigenvalue weighted by Crippen LogP contribution is -2.44. The molecule has 2 bridgehead atoms. The number of fused-ring (bicyclic) bond motifs is 2. The van der Waals surface area contributed by atoms with Crippen LogP contribution in [0.4, 0.5) is 0 Å². The first-order valence-corrected chi connectivity index (χ1v) is 11.0. The molecule has 2 atom stereocenters. The highest BCUT2D eigenvalue weighted by Gasteiger charge is 2.40. The number of aryl methyl sites for hydroxylation is 1. The van der Waals surface area contributed by atoms with Crippen LogP contribution in [-0.4, -0.2) is 65.1 Å². The number of ether oxygens (including phenoxy) is 1. The van der Waals surface area contributed by atoms with Gasteiger partial charge in [-0.2, -0.15) is 0 Å². The third kappa shape index (κ3) is 4.33. The molecule has 28 heavy (non-hydrogen) atoms. The second kappa shape index (κ2) is 8.78. The maximum Gasteiger partial charge on any atom is 0.254 e. The molecule has 1 saturated carbocycles. The summed E-state index contributed by atoms with van der Waals surface area (Å²) in [4.78, 5) is 32.7. The lowest BCUT2D eigenvalue weighted by atomic mass is 9.96. The molecular weight excluding hydrogens is 354 g/mol. The van der Waals surface area contributed by atoms with Crippen molar-refractivity contribution >= 4 is 5.91 Å². The molecule has 154 valence electrons. The molecule has 0 aromatic carbocycles. The number of H-pyrrole nitrogens is 1. The van der Waals surface area contributed by atoms with E-state index in [1.807, 2.05) is 6.07 Å². The Balaban J connectivity index is 1.41. The third-order valence-electron chi connectivity index (χ3n) is 6.58. The first-order valence-electron chi connectivity index (χ1n) is 11.0. The van der Waals surface area contributed by atoms with Crippen molar-refractivity contribution in [2.75, 3.05) is 26.2 Å². The Morgan fingerprint density at radius 2 is 2.00 bits per heavy atom. The maximum atomic E-state index is 13.3. The number of aromatic nitrogens is 1. The summed E-state index contributed by atoms with van der Waals surface area (Å²) in [6.45, 7) is 5.76. The minimum atomic E-state index is -0.175. The van der Waals surface area contributed by atoms with Gasteiger partial charge in [-0.25, -0.2) is 0 Å². The average Bonchev–Trinajstić information content (AvgIpc) is 2.92. The van der Waals surface area contributed by atoms with Crippen molar-refractivity contribution < 1.29 is 9.53 Å². The van der Waals surface area contributed by atoms with E-state index in [-0.39, 0.29) is 17.5 Å². The largest absolute Gasteiger partial charge is 0.377 e. The monoisotopic (exact) mass is 387 g/mol. The van der Waals surface area contributed by atoms with E-state index in [1.54, 1.807) is 0 Å². The van der Waals surface area contributed by atoms with Gasteiger partial charge in [0.1, 0.15) is 0 Å². The van der Waals surface area contributed by atoms with Gasteiger partial charge in [0.25, 0.3) is 5.91 Å². The van der Waals surface area contributed by atoms with Crippen molar-refractivity contribution in [3.63, 3.8) is 0 Å². The minimum Gasteiger partial charge on any atom is -0.377 e. The van der Waals surface area contributed by atoms with Crippen LogP contribution in [0, 0.1) is 0 Å². The van der Waals surface area contributed by atoms with Gasteiger partial charge in [-0.3, -0.25) is 14.5 Å². The van der Waals surface area contributed by atoms with Gasteiger partial charge in [0.2, 0.25) is 5.56 Å². The van der Waals surface area contributed by atoms with Crippen LogP contribution in [0.2, 0.25) is 0 Å². The van der Waals surface area contributed by atoms with E-state index in [9.17, 15) is 9.59 Å². The first kappa shape index (κ1) is 19.6.